The maximum absolute atomic E-state index is 5.88. The summed E-state index contributed by atoms with van der Waals surface area (Å²) in [5.74, 6) is 0.835. The Bertz CT molecular complexity index is 263. The van der Waals surface area contributed by atoms with Crippen LogP contribution in [0.15, 0.2) is 30.6 Å². The maximum atomic E-state index is 5.88. The molecule has 0 aliphatic heterocycles. The fourth-order valence-electron chi connectivity index (χ4n) is 2.22. The number of pyridine rings is 1. The van der Waals surface area contributed by atoms with Crippen LogP contribution in [0.1, 0.15) is 25.7 Å². The minimum absolute atomic E-state index is 0.465. The first-order valence-corrected chi connectivity index (χ1v) is 5.54. The standard InChI is InChI=1S/C12H19N2/c13-12-6-4-11(5-7-12)10-14-8-2-1-3-9-14/h1-3,8-9,11-12H,4-7,10,13H2/q+1. The fourth-order valence-corrected chi connectivity index (χ4v) is 2.22. The Labute approximate surface area is 85.7 Å². The predicted octanol–water partition coefficient (Wildman–Crippen LogP) is 1.49. The van der Waals surface area contributed by atoms with Gasteiger partial charge in [-0.2, -0.15) is 0 Å². The molecule has 1 aliphatic rings. The van der Waals surface area contributed by atoms with Crippen LogP contribution in [0.3, 0.4) is 0 Å². The molecule has 1 saturated carbocycles. The third-order valence-electron chi connectivity index (χ3n) is 3.14. The first-order valence-electron chi connectivity index (χ1n) is 5.54. The molecule has 1 aliphatic carbocycles. The normalized spacial score (nSPS) is 27.5. The van der Waals surface area contributed by atoms with Crippen molar-refractivity contribution in [2.45, 2.75) is 38.3 Å². The smallest absolute Gasteiger partial charge is 0.168 e. The largest absolute Gasteiger partial charge is 0.328 e. The molecule has 2 nitrogen and oxygen atoms in total. The van der Waals surface area contributed by atoms with E-state index in [1.165, 1.54) is 25.7 Å². The number of aromatic nitrogens is 1. The molecule has 0 bridgehead atoms. The third kappa shape index (κ3) is 2.55. The van der Waals surface area contributed by atoms with Crippen LogP contribution in [0.5, 0.6) is 0 Å². The number of hydrogen-bond donors (Lipinski definition) is 1. The Hall–Kier alpha value is -0.890. The maximum Gasteiger partial charge on any atom is 0.168 e. The molecule has 2 rings (SSSR count). The fraction of sp³-hybridized carbons (Fsp3) is 0.583. The van der Waals surface area contributed by atoms with Gasteiger partial charge in [0.2, 0.25) is 0 Å². The van der Waals surface area contributed by atoms with Crippen molar-refractivity contribution in [1.82, 2.24) is 0 Å². The summed E-state index contributed by atoms with van der Waals surface area (Å²) in [6.45, 7) is 1.16. The van der Waals surface area contributed by atoms with Crippen LogP contribution in [0.4, 0.5) is 0 Å². The molecule has 1 aromatic heterocycles. The lowest BCUT2D eigenvalue weighted by molar-refractivity contribution is -0.703. The minimum Gasteiger partial charge on any atom is -0.328 e. The minimum atomic E-state index is 0.465. The van der Waals surface area contributed by atoms with E-state index < -0.39 is 0 Å². The van der Waals surface area contributed by atoms with E-state index in [1.54, 1.807) is 0 Å². The van der Waals surface area contributed by atoms with Gasteiger partial charge in [0.25, 0.3) is 0 Å². The molecule has 2 heteroatoms. The van der Waals surface area contributed by atoms with E-state index >= 15 is 0 Å². The van der Waals surface area contributed by atoms with E-state index in [1.807, 2.05) is 0 Å². The van der Waals surface area contributed by atoms with Crippen LogP contribution in [0.2, 0.25) is 0 Å². The van der Waals surface area contributed by atoms with Crippen molar-refractivity contribution in [1.29, 1.82) is 0 Å². The lowest BCUT2D eigenvalue weighted by atomic mass is 9.86. The van der Waals surface area contributed by atoms with Gasteiger partial charge in [0.05, 0.1) is 0 Å². The van der Waals surface area contributed by atoms with Crippen LogP contribution in [-0.2, 0) is 6.54 Å². The van der Waals surface area contributed by atoms with Crippen LogP contribution >= 0.6 is 0 Å². The van der Waals surface area contributed by atoms with Gasteiger partial charge in [-0.05, 0) is 25.7 Å². The molecule has 0 atom stereocenters. The van der Waals surface area contributed by atoms with Gasteiger partial charge in [-0.1, -0.05) is 6.07 Å². The Morgan fingerprint density at radius 2 is 1.64 bits per heavy atom. The lowest BCUT2D eigenvalue weighted by Crippen LogP contribution is -2.39. The van der Waals surface area contributed by atoms with Gasteiger partial charge in [-0.15, -0.1) is 0 Å². The topological polar surface area (TPSA) is 29.9 Å². The van der Waals surface area contributed by atoms with Gasteiger partial charge in [0, 0.05) is 24.1 Å². The van der Waals surface area contributed by atoms with Gasteiger partial charge in [-0.25, -0.2) is 4.57 Å². The second-order valence-electron chi connectivity index (χ2n) is 4.35. The van der Waals surface area contributed by atoms with E-state index in [4.69, 9.17) is 5.73 Å². The molecule has 0 radical (unpaired) electrons. The van der Waals surface area contributed by atoms with Crippen molar-refractivity contribution in [2.24, 2.45) is 11.7 Å². The first-order chi connectivity index (χ1) is 6.84. The number of rotatable bonds is 2. The highest BCUT2D eigenvalue weighted by Gasteiger charge is 2.21. The Balaban J connectivity index is 1.87. The van der Waals surface area contributed by atoms with Crippen molar-refractivity contribution in [3.63, 3.8) is 0 Å². The zero-order valence-corrected chi connectivity index (χ0v) is 8.60. The molecular formula is C12H19N2+. The Kier molecular flexibility index (Phi) is 3.14. The third-order valence-corrected chi connectivity index (χ3v) is 3.14. The lowest BCUT2D eigenvalue weighted by Gasteiger charge is -2.23. The highest BCUT2D eigenvalue weighted by molar-refractivity contribution is 4.83. The zero-order chi connectivity index (χ0) is 9.80. The van der Waals surface area contributed by atoms with E-state index in [0.29, 0.717) is 6.04 Å². The summed E-state index contributed by atoms with van der Waals surface area (Å²) in [6, 6.07) is 6.71. The van der Waals surface area contributed by atoms with Crippen molar-refractivity contribution >= 4 is 0 Å². The molecule has 0 saturated heterocycles. The van der Waals surface area contributed by atoms with Crippen molar-refractivity contribution in [2.75, 3.05) is 0 Å². The summed E-state index contributed by atoms with van der Waals surface area (Å²) in [6.07, 6.45) is 9.30. The summed E-state index contributed by atoms with van der Waals surface area (Å²) < 4.78 is 2.28. The number of hydrogen-bond acceptors (Lipinski definition) is 1. The monoisotopic (exact) mass is 191 g/mol. The summed E-state index contributed by atoms with van der Waals surface area (Å²) in [7, 11) is 0. The average Bonchev–Trinajstić information content (AvgIpc) is 2.23. The van der Waals surface area contributed by atoms with Crippen molar-refractivity contribution in [3.8, 4) is 0 Å². The second kappa shape index (κ2) is 4.56. The summed E-state index contributed by atoms with van der Waals surface area (Å²) in [5.41, 5.74) is 5.88. The van der Waals surface area contributed by atoms with E-state index in [2.05, 4.69) is 35.2 Å². The molecule has 2 N–H and O–H groups in total. The summed E-state index contributed by atoms with van der Waals surface area (Å²) in [4.78, 5) is 0. The number of nitrogens with zero attached hydrogens (tertiary/aromatic N) is 1. The molecule has 0 spiro atoms. The molecule has 1 fully saturated rings. The predicted molar refractivity (Wildman–Crippen MR) is 56.6 cm³/mol. The SMILES string of the molecule is NC1CCC(C[n+]2ccccc2)CC1. The molecule has 76 valence electrons. The van der Waals surface area contributed by atoms with Gasteiger partial charge in [-0.3, -0.25) is 0 Å². The van der Waals surface area contributed by atoms with Crippen molar-refractivity contribution < 1.29 is 4.57 Å². The van der Waals surface area contributed by atoms with Crippen LogP contribution < -0.4 is 10.3 Å². The summed E-state index contributed by atoms with van der Waals surface area (Å²) in [5, 5.41) is 0. The van der Waals surface area contributed by atoms with Gasteiger partial charge >= 0.3 is 0 Å². The Morgan fingerprint density at radius 3 is 2.29 bits per heavy atom. The number of nitrogens with two attached hydrogens (primary N) is 1. The summed E-state index contributed by atoms with van der Waals surface area (Å²) >= 11 is 0. The van der Waals surface area contributed by atoms with Crippen LogP contribution in [-0.4, -0.2) is 6.04 Å². The quantitative estimate of drug-likeness (QED) is 0.705. The first kappa shape index (κ1) is 9.66. The molecule has 0 amide bonds. The van der Waals surface area contributed by atoms with Crippen molar-refractivity contribution in [3.05, 3.63) is 30.6 Å². The van der Waals surface area contributed by atoms with E-state index in [-0.39, 0.29) is 0 Å². The van der Waals surface area contributed by atoms with Gasteiger partial charge in [0.1, 0.15) is 0 Å². The molecular weight excluding hydrogens is 172 g/mol. The van der Waals surface area contributed by atoms with E-state index in [9.17, 15) is 0 Å². The average molecular weight is 191 g/mol. The molecule has 0 unspecified atom stereocenters. The molecule has 14 heavy (non-hydrogen) atoms. The van der Waals surface area contributed by atoms with E-state index in [0.717, 1.165) is 12.5 Å². The van der Waals surface area contributed by atoms with Gasteiger partial charge in [0.15, 0.2) is 18.9 Å². The highest BCUT2D eigenvalue weighted by Crippen LogP contribution is 2.22. The molecule has 0 aromatic carbocycles. The second-order valence-corrected chi connectivity index (χ2v) is 4.35. The zero-order valence-electron chi connectivity index (χ0n) is 8.60. The highest BCUT2D eigenvalue weighted by atomic mass is 14.9. The van der Waals surface area contributed by atoms with Crippen LogP contribution in [0.25, 0.3) is 0 Å². The molecule has 1 heterocycles. The van der Waals surface area contributed by atoms with Crippen LogP contribution in [0, 0.1) is 5.92 Å². The van der Waals surface area contributed by atoms with Gasteiger partial charge < -0.3 is 5.73 Å². The Morgan fingerprint density at radius 1 is 1.00 bits per heavy atom. The molecule has 1 aromatic rings.